The SMILES string of the molecule is CNC(=O)CSc1nc(-c2ccccc2)c(NC(=O)CCCN2C(=O)c3ccccc3C2=O)s1. The molecule has 3 aromatic rings. The van der Waals surface area contributed by atoms with Crippen LogP contribution in [-0.2, 0) is 9.59 Å². The Labute approximate surface area is 204 Å². The van der Waals surface area contributed by atoms with E-state index >= 15 is 0 Å². The lowest BCUT2D eigenvalue weighted by Crippen LogP contribution is -2.31. The predicted molar refractivity (Wildman–Crippen MR) is 132 cm³/mol. The molecule has 10 heteroatoms. The number of thiazole rings is 1. The fourth-order valence-corrected chi connectivity index (χ4v) is 5.42. The largest absolute Gasteiger partial charge is 0.358 e. The van der Waals surface area contributed by atoms with Crippen molar-refractivity contribution < 1.29 is 19.2 Å². The highest BCUT2D eigenvalue weighted by atomic mass is 32.2. The van der Waals surface area contributed by atoms with E-state index in [-0.39, 0.29) is 42.3 Å². The van der Waals surface area contributed by atoms with Gasteiger partial charge in [-0.05, 0) is 18.6 Å². The van der Waals surface area contributed by atoms with Crippen LogP contribution in [0.5, 0.6) is 0 Å². The van der Waals surface area contributed by atoms with E-state index in [1.807, 2.05) is 30.3 Å². The molecule has 1 aliphatic rings. The minimum atomic E-state index is -0.326. The van der Waals surface area contributed by atoms with E-state index in [9.17, 15) is 19.2 Å². The molecule has 0 saturated heterocycles. The van der Waals surface area contributed by atoms with Gasteiger partial charge in [0.05, 0.1) is 16.9 Å². The molecule has 0 fully saturated rings. The molecule has 0 atom stereocenters. The van der Waals surface area contributed by atoms with Gasteiger partial charge >= 0.3 is 0 Å². The van der Waals surface area contributed by atoms with Gasteiger partial charge in [-0.1, -0.05) is 65.6 Å². The molecule has 4 rings (SSSR count). The predicted octanol–water partition coefficient (Wildman–Crippen LogP) is 3.66. The molecule has 34 heavy (non-hydrogen) atoms. The monoisotopic (exact) mass is 494 g/mol. The average Bonchev–Trinajstić information content (AvgIpc) is 3.37. The van der Waals surface area contributed by atoms with E-state index in [0.717, 1.165) is 5.56 Å². The molecular weight excluding hydrogens is 472 g/mol. The van der Waals surface area contributed by atoms with Crippen LogP contribution in [0.3, 0.4) is 0 Å². The van der Waals surface area contributed by atoms with Crippen molar-refractivity contribution >= 4 is 51.7 Å². The Kier molecular flexibility index (Phi) is 7.39. The van der Waals surface area contributed by atoms with Crippen LogP contribution >= 0.6 is 23.1 Å². The van der Waals surface area contributed by atoms with Gasteiger partial charge in [0.2, 0.25) is 11.8 Å². The van der Waals surface area contributed by atoms with Crippen molar-refractivity contribution in [2.75, 3.05) is 24.7 Å². The van der Waals surface area contributed by atoms with Crippen molar-refractivity contribution in [3.63, 3.8) is 0 Å². The zero-order chi connectivity index (χ0) is 24.1. The highest BCUT2D eigenvalue weighted by Crippen LogP contribution is 2.37. The first kappa shape index (κ1) is 23.7. The highest BCUT2D eigenvalue weighted by Gasteiger charge is 2.34. The summed E-state index contributed by atoms with van der Waals surface area (Å²) in [5.41, 5.74) is 2.29. The van der Waals surface area contributed by atoms with Crippen LogP contribution in [0.15, 0.2) is 58.9 Å². The van der Waals surface area contributed by atoms with Gasteiger partial charge in [-0.2, -0.15) is 0 Å². The van der Waals surface area contributed by atoms with Crippen LogP contribution in [0.25, 0.3) is 11.3 Å². The summed E-state index contributed by atoms with van der Waals surface area (Å²) >= 11 is 2.61. The van der Waals surface area contributed by atoms with Gasteiger partial charge in [-0.3, -0.25) is 24.1 Å². The quantitative estimate of drug-likeness (QED) is 0.347. The van der Waals surface area contributed by atoms with Crippen molar-refractivity contribution in [3.8, 4) is 11.3 Å². The lowest BCUT2D eigenvalue weighted by atomic mass is 10.1. The second kappa shape index (κ2) is 10.6. The number of rotatable bonds is 9. The van der Waals surface area contributed by atoms with Crippen LogP contribution < -0.4 is 10.6 Å². The third-order valence-electron chi connectivity index (χ3n) is 5.18. The van der Waals surface area contributed by atoms with E-state index in [4.69, 9.17) is 0 Å². The third kappa shape index (κ3) is 5.18. The van der Waals surface area contributed by atoms with Gasteiger partial charge in [-0.25, -0.2) is 4.98 Å². The van der Waals surface area contributed by atoms with Crippen molar-refractivity contribution in [3.05, 3.63) is 65.7 Å². The number of carbonyl (C=O) groups is 4. The number of fused-ring (bicyclic) bond motifs is 1. The highest BCUT2D eigenvalue weighted by molar-refractivity contribution is 8.01. The second-order valence-electron chi connectivity index (χ2n) is 7.44. The maximum Gasteiger partial charge on any atom is 0.261 e. The lowest BCUT2D eigenvalue weighted by Gasteiger charge is -2.13. The minimum Gasteiger partial charge on any atom is -0.358 e. The molecule has 0 spiro atoms. The van der Waals surface area contributed by atoms with E-state index in [1.165, 1.54) is 28.0 Å². The Bertz CT molecular complexity index is 1210. The number of carbonyl (C=O) groups excluding carboxylic acids is 4. The number of hydrogen-bond acceptors (Lipinski definition) is 7. The topological polar surface area (TPSA) is 108 Å². The van der Waals surface area contributed by atoms with Gasteiger partial charge in [-0.15, -0.1) is 0 Å². The third-order valence-corrected chi connectivity index (χ3v) is 7.29. The number of aromatic nitrogens is 1. The van der Waals surface area contributed by atoms with Crippen LogP contribution in [0.4, 0.5) is 5.00 Å². The van der Waals surface area contributed by atoms with Crippen LogP contribution in [0.1, 0.15) is 33.6 Å². The zero-order valence-corrected chi connectivity index (χ0v) is 20.0. The molecule has 0 bridgehead atoms. The summed E-state index contributed by atoms with van der Waals surface area (Å²) in [6.07, 6.45) is 0.481. The molecule has 0 radical (unpaired) electrons. The van der Waals surface area contributed by atoms with Crippen molar-refractivity contribution in [1.29, 1.82) is 0 Å². The fraction of sp³-hybridized carbons (Fsp3) is 0.208. The Morgan fingerprint density at radius 2 is 1.62 bits per heavy atom. The van der Waals surface area contributed by atoms with Crippen LogP contribution in [0.2, 0.25) is 0 Å². The Hall–Kier alpha value is -3.50. The number of amides is 4. The summed E-state index contributed by atoms with van der Waals surface area (Å²) in [6.45, 7) is 0.168. The molecule has 1 aliphatic heterocycles. The number of nitrogens with zero attached hydrogens (tertiary/aromatic N) is 2. The number of hydrogen-bond donors (Lipinski definition) is 2. The van der Waals surface area contributed by atoms with Crippen molar-refractivity contribution in [2.45, 2.75) is 17.2 Å². The number of anilines is 1. The van der Waals surface area contributed by atoms with Gasteiger partial charge in [0, 0.05) is 25.6 Å². The second-order valence-corrected chi connectivity index (χ2v) is 9.67. The molecule has 1 aromatic heterocycles. The van der Waals surface area contributed by atoms with Gasteiger partial charge in [0.15, 0.2) is 4.34 Å². The number of imide groups is 1. The first-order chi connectivity index (χ1) is 16.5. The van der Waals surface area contributed by atoms with Gasteiger partial charge in [0.25, 0.3) is 11.8 Å². The van der Waals surface area contributed by atoms with Gasteiger partial charge in [0.1, 0.15) is 10.7 Å². The Balaban J connectivity index is 1.39. The molecule has 2 heterocycles. The van der Waals surface area contributed by atoms with E-state index in [0.29, 0.717) is 32.6 Å². The van der Waals surface area contributed by atoms with E-state index in [2.05, 4.69) is 15.6 Å². The maximum atomic E-state index is 12.7. The average molecular weight is 495 g/mol. The van der Waals surface area contributed by atoms with E-state index in [1.54, 1.807) is 31.3 Å². The summed E-state index contributed by atoms with van der Waals surface area (Å²) in [6, 6.07) is 16.2. The Morgan fingerprint density at radius 3 is 2.26 bits per heavy atom. The van der Waals surface area contributed by atoms with Gasteiger partial charge < -0.3 is 10.6 Å². The number of nitrogens with one attached hydrogen (secondary N) is 2. The molecular formula is C24H22N4O4S2. The van der Waals surface area contributed by atoms with E-state index < -0.39 is 0 Å². The number of benzene rings is 2. The van der Waals surface area contributed by atoms with Crippen molar-refractivity contribution in [2.24, 2.45) is 0 Å². The summed E-state index contributed by atoms with van der Waals surface area (Å²) in [5.74, 6) is -0.771. The smallest absolute Gasteiger partial charge is 0.261 e. The summed E-state index contributed by atoms with van der Waals surface area (Å²) in [4.78, 5) is 55.0. The molecule has 4 amide bonds. The standard InChI is InChI=1S/C24H22N4O4S2/c1-25-19(30)14-33-24-27-20(15-8-3-2-4-9-15)21(34-24)26-18(29)12-7-13-28-22(31)16-10-5-6-11-17(16)23(28)32/h2-6,8-11H,7,12-14H2,1H3,(H,25,30)(H,26,29). The molecule has 8 nitrogen and oxygen atoms in total. The maximum absolute atomic E-state index is 12.7. The minimum absolute atomic E-state index is 0.111. The van der Waals surface area contributed by atoms with Crippen LogP contribution in [0, 0.1) is 0 Å². The molecule has 2 N–H and O–H groups in total. The summed E-state index contributed by atoms with van der Waals surface area (Å²) in [7, 11) is 1.58. The molecule has 174 valence electrons. The summed E-state index contributed by atoms with van der Waals surface area (Å²) < 4.78 is 0.670. The molecule has 0 unspecified atom stereocenters. The number of thioether (sulfide) groups is 1. The Morgan fingerprint density at radius 1 is 0.971 bits per heavy atom. The summed E-state index contributed by atoms with van der Waals surface area (Å²) in [5, 5.41) is 6.08. The zero-order valence-electron chi connectivity index (χ0n) is 18.4. The first-order valence-corrected chi connectivity index (χ1v) is 12.4. The molecule has 2 aromatic carbocycles. The fourth-order valence-electron chi connectivity index (χ4n) is 3.47. The first-order valence-electron chi connectivity index (χ1n) is 10.6. The van der Waals surface area contributed by atoms with Crippen molar-refractivity contribution in [1.82, 2.24) is 15.2 Å². The lowest BCUT2D eigenvalue weighted by molar-refractivity contribution is -0.118. The molecule has 0 saturated carbocycles. The van der Waals surface area contributed by atoms with Crippen LogP contribution in [-0.4, -0.2) is 52.9 Å². The molecule has 0 aliphatic carbocycles. The normalized spacial score (nSPS) is 12.6.